The van der Waals surface area contributed by atoms with Crippen molar-refractivity contribution < 1.29 is 28.8 Å². The smallest absolute Gasteiger partial charge is 0.335 e. The molecule has 0 saturated carbocycles. The first-order valence-corrected chi connectivity index (χ1v) is 8.50. The second kappa shape index (κ2) is 7.91. The van der Waals surface area contributed by atoms with Gasteiger partial charge in [0.05, 0.1) is 22.3 Å². The molecule has 0 bridgehead atoms. The highest BCUT2D eigenvalue weighted by molar-refractivity contribution is 5.98. The normalized spacial score (nSPS) is 14.5. The van der Waals surface area contributed by atoms with Gasteiger partial charge in [0.15, 0.2) is 0 Å². The number of benzene rings is 1. The molecule has 1 fully saturated rings. The van der Waals surface area contributed by atoms with Crippen molar-refractivity contribution >= 4 is 23.5 Å². The number of aromatic carboxylic acids is 1. The van der Waals surface area contributed by atoms with Gasteiger partial charge >= 0.3 is 5.97 Å². The van der Waals surface area contributed by atoms with Crippen LogP contribution in [0.5, 0.6) is 0 Å². The lowest BCUT2D eigenvalue weighted by molar-refractivity contribution is -0.384. The van der Waals surface area contributed by atoms with Crippen LogP contribution in [-0.4, -0.2) is 51.8 Å². The van der Waals surface area contributed by atoms with E-state index < -0.39 is 22.5 Å². The first-order valence-electron chi connectivity index (χ1n) is 8.50. The van der Waals surface area contributed by atoms with Crippen molar-refractivity contribution in [1.82, 2.24) is 10.2 Å². The molecule has 2 amide bonds. The zero-order valence-electron chi connectivity index (χ0n) is 14.7. The first-order chi connectivity index (χ1) is 13.3. The zero-order chi connectivity index (χ0) is 20.3. The molecule has 10 nitrogen and oxygen atoms in total. The topological polar surface area (TPSA) is 143 Å². The number of likely N-dealkylation sites (tertiary alicyclic amines) is 1. The van der Waals surface area contributed by atoms with Crippen molar-refractivity contribution in [2.24, 2.45) is 0 Å². The highest BCUT2D eigenvalue weighted by Gasteiger charge is 2.26. The van der Waals surface area contributed by atoms with Crippen LogP contribution in [0.1, 0.15) is 43.9 Å². The fourth-order valence-electron chi connectivity index (χ4n) is 3.04. The van der Waals surface area contributed by atoms with E-state index in [1.165, 1.54) is 12.5 Å². The van der Waals surface area contributed by atoms with Gasteiger partial charge in [-0.15, -0.1) is 0 Å². The number of nitrogens with zero attached hydrogens (tertiary/aromatic N) is 2. The van der Waals surface area contributed by atoms with Crippen molar-refractivity contribution in [2.45, 2.75) is 18.9 Å². The number of furan rings is 1. The molecule has 0 spiro atoms. The van der Waals surface area contributed by atoms with E-state index in [2.05, 4.69) is 5.32 Å². The molecule has 146 valence electrons. The third-order valence-corrected chi connectivity index (χ3v) is 4.52. The number of hydrogen-bond donors (Lipinski definition) is 2. The number of nitro groups is 1. The SMILES string of the molecule is O=C(O)c1cc(C(=O)NC2CCN(C(=O)c3ccoc3)CC2)cc([N+](=O)[O-])c1. The summed E-state index contributed by atoms with van der Waals surface area (Å²) in [6.07, 6.45) is 3.81. The van der Waals surface area contributed by atoms with Crippen LogP contribution in [0.4, 0.5) is 5.69 Å². The summed E-state index contributed by atoms with van der Waals surface area (Å²) in [5.41, 5.74) is -0.436. The molecule has 2 aromatic rings. The van der Waals surface area contributed by atoms with Gasteiger partial charge in [0.25, 0.3) is 17.5 Å². The van der Waals surface area contributed by atoms with Gasteiger partial charge in [-0.3, -0.25) is 19.7 Å². The Morgan fingerprint density at radius 2 is 1.82 bits per heavy atom. The molecule has 2 heterocycles. The molecule has 2 N–H and O–H groups in total. The van der Waals surface area contributed by atoms with E-state index in [9.17, 15) is 24.5 Å². The maximum Gasteiger partial charge on any atom is 0.335 e. The number of rotatable bonds is 5. The Hall–Kier alpha value is -3.69. The lowest BCUT2D eigenvalue weighted by atomic mass is 10.0. The summed E-state index contributed by atoms with van der Waals surface area (Å²) >= 11 is 0. The summed E-state index contributed by atoms with van der Waals surface area (Å²) in [5, 5.41) is 22.8. The third kappa shape index (κ3) is 4.17. The quantitative estimate of drug-likeness (QED) is 0.589. The number of piperidine rings is 1. The van der Waals surface area contributed by atoms with Crippen molar-refractivity contribution in [3.8, 4) is 0 Å². The van der Waals surface area contributed by atoms with Crippen LogP contribution in [0.3, 0.4) is 0 Å². The molecule has 0 unspecified atom stereocenters. The molecule has 28 heavy (non-hydrogen) atoms. The molecular formula is C18H17N3O7. The minimum atomic E-state index is -1.36. The Balaban J connectivity index is 1.64. The Kier molecular flexibility index (Phi) is 5.39. The number of carbonyl (C=O) groups is 3. The van der Waals surface area contributed by atoms with Crippen LogP contribution >= 0.6 is 0 Å². The Bertz CT molecular complexity index is 883. The number of non-ortho nitro benzene ring substituents is 1. The third-order valence-electron chi connectivity index (χ3n) is 4.52. The van der Waals surface area contributed by atoms with Crippen LogP contribution in [0, 0.1) is 10.1 Å². The van der Waals surface area contributed by atoms with Gasteiger partial charge in [-0.1, -0.05) is 0 Å². The van der Waals surface area contributed by atoms with Gasteiger partial charge in [-0.25, -0.2) is 4.79 Å². The number of nitro benzene ring substituents is 1. The summed E-state index contributed by atoms with van der Waals surface area (Å²) in [7, 11) is 0. The van der Waals surface area contributed by atoms with Crippen molar-refractivity contribution in [2.75, 3.05) is 13.1 Å². The monoisotopic (exact) mass is 387 g/mol. The minimum Gasteiger partial charge on any atom is -0.478 e. The predicted octanol–water partition coefficient (Wildman–Crippen LogP) is 1.92. The molecule has 10 heteroatoms. The van der Waals surface area contributed by atoms with Crippen molar-refractivity contribution in [3.05, 3.63) is 63.6 Å². The maximum atomic E-state index is 12.4. The predicted molar refractivity (Wildman–Crippen MR) is 95.2 cm³/mol. The zero-order valence-corrected chi connectivity index (χ0v) is 14.7. The van der Waals surface area contributed by atoms with Crippen molar-refractivity contribution in [3.63, 3.8) is 0 Å². The molecule has 1 aromatic carbocycles. The van der Waals surface area contributed by atoms with Gasteiger partial charge in [0.2, 0.25) is 0 Å². The average molecular weight is 387 g/mol. The molecule has 0 atom stereocenters. The number of amides is 2. The minimum absolute atomic E-state index is 0.0940. The molecule has 1 aliphatic heterocycles. The van der Waals surface area contributed by atoms with Crippen LogP contribution in [0.25, 0.3) is 0 Å². The first kappa shape index (κ1) is 19.1. The van der Waals surface area contributed by atoms with E-state index in [4.69, 9.17) is 9.52 Å². The second-order valence-electron chi connectivity index (χ2n) is 6.38. The Labute approximate surface area is 158 Å². The van der Waals surface area contributed by atoms with Crippen LogP contribution < -0.4 is 5.32 Å². The fraction of sp³-hybridized carbons (Fsp3) is 0.278. The molecular weight excluding hydrogens is 370 g/mol. The standard InChI is InChI=1S/C18H17N3O7/c22-16(12-7-13(18(24)25)9-15(8-12)21(26)27)19-14-1-4-20(5-2-14)17(23)11-3-6-28-10-11/h3,6-10,14H,1-2,4-5H2,(H,19,22)(H,24,25). The number of carbonyl (C=O) groups excluding carboxylic acids is 2. The number of hydrogen-bond acceptors (Lipinski definition) is 6. The molecule has 1 aliphatic rings. The fourth-order valence-corrected chi connectivity index (χ4v) is 3.04. The van der Waals surface area contributed by atoms with E-state index in [0.29, 0.717) is 31.5 Å². The number of nitrogens with one attached hydrogen (secondary N) is 1. The van der Waals surface area contributed by atoms with Gasteiger partial charge in [0.1, 0.15) is 6.26 Å². The van der Waals surface area contributed by atoms with Gasteiger partial charge in [-0.05, 0) is 25.0 Å². The van der Waals surface area contributed by atoms with Crippen molar-refractivity contribution in [1.29, 1.82) is 0 Å². The average Bonchev–Trinajstić information content (AvgIpc) is 3.22. The van der Waals surface area contributed by atoms with Gasteiger partial charge < -0.3 is 19.7 Å². The molecule has 1 aromatic heterocycles. The van der Waals surface area contributed by atoms with E-state index in [1.54, 1.807) is 11.0 Å². The van der Waals surface area contributed by atoms with E-state index >= 15 is 0 Å². The lowest BCUT2D eigenvalue weighted by Gasteiger charge is -2.32. The van der Waals surface area contributed by atoms with E-state index in [1.807, 2.05) is 0 Å². The second-order valence-corrected chi connectivity index (χ2v) is 6.38. The Morgan fingerprint density at radius 3 is 2.39 bits per heavy atom. The van der Waals surface area contributed by atoms with Crippen LogP contribution in [-0.2, 0) is 0 Å². The molecule has 3 rings (SSSR count). The summed E-state index contributed by atoms with van der Waals surface area (Å²) < 4.78 is 4.91. The summed E-state index contributed by atoms with van der Waals surface area (Å²) in [6, 6.07) is 4.40. The van der Waals surface area contributed by atoms with Crippen LogP contribution in [0.2, 0.25) is 0 Å². The summed E-state index contributed by atoms with van der Waals surface area (Å²) in [6.45, 7) is 0.870. The van der Waals surface area contributed by atoms with Gasteiger partial charge in [-0.2, -0.15) is 0 Å². The molecule has 0 radical (unpaired) electrons. The number of carboxylic acids is 1. The number of carboxylic acid groups (broad SMARTS) is 1. The highest BCUT2D eigenvalue weighted by Crippen LogP contribution is 2.19. The maximum absolute atomic E-state index is 12.4. The molecule has 1 saturated heterocycles. The van der Waals surface area contributed by atoms with Gasteiger partial charge in [0, 0.05) is 36.8 Å². The van der Waals surface area contributed by atoms with E-state index in [0.717, 1.165) is 18.2 Å². The summed E-state index contributed by atoms with van der Waals surface area (Å²) in [4.78, 5) is 47.7. The van der Waals surface area contributed by atoms with E-state index in [-0.39, 0.29) is 23.1 Å². The highest BCUT2D eigenvalue weighted by atomic mass is 16.6. The van der Waals surface area contributed by atoms with Crippen LogP contribution in [0.15, 0.2) is 41.2 Å². The summed E-state index contributed by atoms with van der Waals surface area (Å²) in [5.74, 6) is -2.10. The Morgan fingerprint density at radius 1 is 1.14 bits per heavy atom. The largest absolute Gasteiger partial charge is 0.478 e. The molecule has 0 aliphatic carbocycles. The lowest BCUT2D eigenvalue weighted by Crippen LogP contribution is -2.46.